The number of thioether (sulfide) groups is 1. The van der Waals surface area contributed by atoms with Crippen LogP contribution in [-0.4, -0.2) is 33.2 Å². The lowest BCUT2D eigenvalue weighted by atomic mass is 9.79. The Morgan fingerprint density at radius 3 is 3.00 bits per heavy atom. The first-order valence-corrected chi connectivity index (χ1v) is 9.06. The Balaban J connectivity index is 1.81. The van der Waals surface area contributed by atoms with Crippen LogP contribution < -0.4 is 5.32 Å². The van der Waals surface area contributed by atoms with Crippen LogP contribution in [0.4, 0.5) is 5.82 Å². The summed E-state index contributed by atoms with van der Waals surface area (Å²) in [5.74, 6) is 1.61. The Kier molecular flexibility index (Phi) is 4.67. The van der Waals surface area contributed by atoms with E-state index in [-0.39, 0.29) is 5.25 Å². The summed E-state index contributed by atoms with van der Waals surface area (Å²) >= 11 is 7.79. The molecule has 0 radical (unpaired) electrons. The Morgan fingerprint density at radius 1 is 1.52 bits per heavy atom. The monoisotopic (exact) mass is 347 g/mol. The molecule has 23 heavy (non-hydrogen) atoms. The molecule has 3 rings (SSSR count). The second kappa shape index (κ2) is 6.56. The van der Waals surface area contributed by atoms with Crippen LogP contribution in [0.1, 0.15) is 25.3 Å². The van der Waals surface area contributed by atoms with Gasteiger partial charge in [0.25, 0.3) is 0 Å². The topological polar surface area (TPSA) is 68.9 Å². The molecule has 1 aromatic carbocycles. The van der Waals surface area contributed by atoms with Crippen molar-refractivity contribution in [3.05, 3.63) is 34.9 Å². The highest BCUT2D eigenvalue weighted by Crippen LogP contribution is 2.41. The SMILES string of the molecule is CCSC1CCC1(O)CNc1cc(C#N)c2cc(Cl)ccc2n1. The predicted octanol–water partition coefficient (Wildman–Crippen LogP) is 3.82. The summed E-state index contributed by atoms with van der Waals surface area (Å²) < 4.78 is 0. The number of aliphatic hydroxyl groups is 1. The van der Waals surface area contributed by atoms with Gasteiger partial charge in [0, 0.05) is 22.2 Å². The standard InChI is InChI=1S/C17H18ClN3OS/c1-2-23-15-5-6-17(15,22)10-20-16-7-11(9-19)13-8-12(18)3-4-14(13)21-16/h3-4,7-8,15,22H,2,5-6,10H2,1H3,(H,20,21). The van der Waals surface area contributed by atoms with E-state index in [1.807, 2.05) is 0 Å². The minimum absolute atomic E-state index is 0.273. The van der Waals surface area contributed by atoms with Crippen LogP contribution >= 0.6 is 23.4 Å². The van der Waals surface area contributed by atoms with Crippen molar-refractivity contribution in [3.63, 3.8) is 0 Å². The fourth-order valence-corrected chi connectivity index (χ4v) is 4.23. The van der Waals surface area contributed by atoms with Gasteiger partial charge in [-0.1, -0.05) is 18.5 Å². The van der Waals surface area contributed by atoms with Gasteiger partial charge in [-0.2, -0.15) is 17.0 Å². The molecule has 1 fully saturated rings. The third kappa shape index (κ3) is 3.25. The maximum atomic E-state index is 10.6. The third-order valence-electron chi connectivity index (χ3n) is 4.27. The largest absolute Gasteiger partial charge is 0.387 e. The average Bonchev–Trinajstić information content (AvgIpc) is 2.56. The predicted molar refractivity (Wildman–Crippen MR) is 96.1 cm³/mol. The maximum Gasteiger partial charge on any atom is 0.128 e. The van der Waals surface area contributed by atoms with E-state index < -0.39 is 5.60 Å². The van der Waals surface area contributed by atoms with Crippen LogP contribution in [0.5, 0.6) is 0 Å². The third-order valence-corrected chi connectivity index (χ3v) is 5.92. The van der Waals surface area contributed by atoms with Crippen LogP contribution in [0, 0.1) is 11.3 Å². The molecular formula is C17H18ClN3OS. The van der Waals surface area contributed by atoms with E-state index >= 15 is 0 Å². The second-order valence-electron chi connectivity index (χ2n) is 5.77. The highest BCUT2D eigenvalue weighted by atomic mass is 35.5. The molecule has 120 valence electrons. The van der Waals surface area contributed by atoms with Crippen LogP contribution in [0.25, 0.3) is 10.9 Å². The van der Waals surface area contributed by atoms with Crippen LogP contribution in [0.15, 0.2) is 24.3 Å². The van der Waals surface area contributed by atoms with Crippen molar-refractivity contribution < 1.29 is 5.11 Å². The molecule has 2 unspecified atom stereocenters. The lowest BCUT2D eigenvalue weighted by Crippen LogP contribution is -2.54. The van der Waals surface area contributed by atoms with Gasteiger partial charge in [0.15, 0.2) is 0 Å². The number of nitrogens with zero attached hydrogens (tertiary/aromatic N) is 2. The van der Waals surface area contributed by atoms with E-state index in [0.29, 0.717) is 22.9 Å². The lowest BCUT2D eigenvalue weighted by molar-refractivity contribution is -0.0120. The number of anilines is 1. The number of aromatic nitrogens is 1. The molecule has 0 bridgehead atoms. The van der Waals surface area contributed by atoms with Crippen molar-refractivity contribution in [1.29, 1.82) is 5.26 Å². The highest BCUT2D eigenvalue weighted by Gasteiger charge is 2.45. The molecule has 0 amide bonds. The lowest BCUT2D eigenvalue weighted by Gasteiger charge is -2.45. The molecule has 0 aliphatic heterocycles. The Labute approximate surface area is 144 Å². The van der Waals surface area contributed by atoms with E-state index in [2.05, 4.69) is 23.3 Å². The van der Waals surface area contributed by atoms with E-state index in [0.717, 1.165) is 29.5 Å². The molecule has 2 aromatic rings. The first-order chi connectivity index (χ1) is 11.1. The van der Waals surface area contributed by atoms with Gasteiger partial charge >= 0.3 is 0 Å². The second-order valence-corrected chi connectivity index (χ2v) is 7.68. The number of benzene rings is 1. The molecule has 4 nitrogen and oxygen atoms in total. The van der Waals surface area contributed by atoms with Crippen molar-refractivity contribution in [1.82, 2.24) is 4.98 Å². The zero-order valence-electron chi connectivity index (χ0n) is 12.8. The van der Waals surface area contributed by atoms with Crippen molar-refractivity contribution in [3.8, 4) is 6.07 Å². The van der Waals surface area contributed by atoms with Gasteiger partial charge in [0.1, 0.15) is 5.82 Å². The van der Waals surface area contributed by atoms with Gasteiger partial charge in [-0.15, -0.1) is 0 Å². The minimum atomic E-state index is -0.690. The number of fused-ring (bicyclic) bond motifs is 1. The molecule has 2 N–H and O–H groups in total. The number of rotatable bonds is 5. The van der Waals surface area contributed by atoms with Gasteiger partial charge < -0.3 is 10.4 Å². The summed E-state index contributed by atoms with van der Waals surface area (Å²) in [7, 11) is 0. The van der Waals surface area contributed by atoms with Crippen LogP contribution in [0.3, 0.4) is 0 Å². The van der Waals surface area contributed by atoms with Gasteiger partial charge in [-0.25, -0.2) is 4.98 Å². The number of nitriles is 1. The van der Waals surface area contributed by atoms with Crippen LogP contribution in [-0.2, 0) is 0 Å². The zero-order chi connectivity index (χ0) is 16.4. The first kappa shape index (κ1) is 16.4. The normalized spacial score (nSPS) is 23.3. The summed E-state index contributed by atoms with van der Waals surface area (Å²) in [5, 5.41) is 24.8. The van der Waals surface area contributed by atoms with Gasteiger partial charge in [-0.05, 0) is 42.9 Å². The highest BCUT2D eigenvalue weighted by molar-refractivity contribution is 8.00. The van der Waals surface area contributed by atoms with Crippen molar-refractivity contribution in [2.45, 2.75) is 30.6 Å². The molecule has 1 aromatic heterocycles. The molecule has 1 heterocycles. The zero-order valence-corrected chi connectivity index (χ0v) is 14.4. The van der Waals surface area contributed by atoms with E-state index in [1.165, 1.54) is 0 Å². The minimum Gasteiger partial charge on any atom is -0.387 e. The molecule has 0 saturated heterocycles. The van der Waals surface area contributed by atoms with Gasteiger partial charge in [-0.3, -0.25) is 0 Å². The molecular weight excluding hydrogens is 330 g/mol. The van der Waals surface area contributed by atoms with Crippen molar-refractivity contribution in [2.75, 3.05) is 17.6 Å². The number of nitrogens with one attached hydrogen (secondary N) is 1. The van der Waals surface area contributed by atoms with Crippen LogP contribution in [0.2, 0.25) is 5.02 Å². The molecule has 1 aliphatic rings. The molecule has 1 aliphatic carbocycles. The van der Waals surface area contributed by atoms with Crippen molar-refractivity contribution >= 4 is 40.1 Å². The summed E-state index contributed by atoms with van der Waals surface area (Å²) in [4.78, 5) is 4.52. The van der Waals surface area contributed by atoms with E-state index in [1.54, 1.807) is 36.0 Å². The molecule has 0 spiro atoms. The van der Waals surface area contributed by atoms with Gasteiger partial charge in [0.05, 0.1) is 22.8 Å². The molecule has 2 atom stereocenters. The van der Waals surface area contributed by atoms with Crippen molar-refractivity contribution in [2.24, 2.45) is 0 Å². The fourth-order valence-electron chi connectivity index (χ4n) is 2.86. The summed E-state index contributed by atoms with van der Waals surface area (Å²) in [6, 6.07) is 9.21. The van der Waals surface area contributed by atoms with E-state index in [4.69, 9.17) is 11.6 Å². The molecule has 1 saturated carbocycles. The summed E-state index contributed by atoms with van der Waals surface area (Å²) in [6.07, 6.45) is 1.84. The number of hydrogen-bond donors (Lipinski definition) is 2. The maximum absolute atomic E-state index is 10.6. The Hall–Kier alpha value is -1.48. The Morgan fingerprint density at radius 2 is 2.35 bits per heavy atom. The quantitative estimate of drug-likeness (QED) is 0.860. The number of pyridine rings is 1. The van der Waals surface area contributed by atoms with Gasteiger partial charge in [0.2, 0.25) is 0 Å². The Bertz CT molecular complexity index is 776. The first-order valence-electron chi connectivity index (χ1n) is 7.64. The molecule has 6 heteroatoms. The smallest absolute Gasteiger partial charge is 0.128 e. The summed E-state index contributed by atoms with van der Waals surface area (Å²) in [6.45, 7) is 2.55. The fraction of sp³-hybridized carbons (Fsp3) is 0.412. The number of halogens is 1. The summed E-state index contributed by atoms with van der Waals surface area (Å²) in [5.41, 5.74) is 0.556. The van der Waals surface area contributed by atoms with E-state index in [9.17, 15) is 10.4 Å². The number of hydrogen-bond acceptors (Lipinski definition) is 5. The average molecular weight is 348 g/mol.